The lowest BCUT2D eigenvalue weighted by Gasteiger charge is -2.28. The van der Waals surface area contributed by atoms with Gasteiger partial charge in [-0.25, -0.2) is 15.0 Å². The van der Waals surface area contributed by atoms with E-state index in [0.717, 1.165) is 60.2 Å². The smallest absolute Gasteiger partial charge is 0.166 e. The van der Waals surface area contributed by atoms with Gasteiger partial charge in [-0.1, -0.05) is 19.3 Å². The summed E-state index contributed by atoms with van der Waals surface area (Å²) in [6, 6.07) is 17.4. The highest BCUT2D eigenvalue weighted by Gasteiger charge is 2.21. The van der Waals surface area contributed by atoms with Crippen LogP contribution in [0.1, 0.15) is 38.1 Å². The van der Waals surface area contributed by atoms with Crippen LogP contribution in [-0.4, -0.2) is 59.9 Å². The quantitative estimate of drug-likeness (QED) is 0.369. The van der Waals surface area contributed by atoms with Crippen LogP contribution in [0.2, 0.25) is 0 Å². The summed E-state index contributed by atoms with van der Waals surface area (Å²) in [6.07, 6.45) is 8.14. The Labute approximate surface area is 218 Å². The summed E-state index contributed by atoms with van der Waals surface area (Å²) in [5.74, 6) is 1.45. The number of anilines is 4. The molecule has 3 heterocycles. The molecule has 6 rings (SSSR count). The number of hydrogen-bond acceptors (Lipinski definition) is 7. The Bertz CT molecular complexity index is 1340. The molecule has 1 aliphatic carbocycles. The molecule has 0 bridgehead atoms. The SMILES string of the molecule is CN(C)c1ccc(-c2nc(Nc3ccc(N4CCOCC4)cc3)c3ncn(C4CCCCC4)c3n2)cc1. The maximum atomic E-state index is 5.50. The summed E-state index contributed by atoms with van der Waals surface area (Å²) in [6.45, 7) is 3.41. The van der Waals surface area contributed by atoms with Crippen molar-refractivity contribution < 1.29 is 4.74 Å². The molecule has 192 valence electrons. The van der Waals surface area contributed by atoms with E-state index in [1.807, 2.05) is 20.4 Å². The van der Waals surface area contributed by atoms with Crippen LogP contribution < -0.4 is 15.1 Å². The fraction of sp³-hybridized carbons (Fsp3) is 0.414. The first-order valence-electron chi connectivity index (χ1n) is 13.4. The monoisotopic (exact) mass is 497 g/mol. The minimum absolute atomic E-state index is 0.443. The molecule has 0 amide bonds. The minimum Gasteiger partial charge on any atom is -0.378 e. The number of hydrogen-bond donors (Lipinski definition) is 1. The minimum atomic E-state index is 0.443. The second-order valence-corrected chi connectivity index (χ2v) is 10.2. The predicted molar refractivity (Wildman–Crippen MR) is 150 cm³/mol. The average Bonchev–Trinajstić information content (AvgIpc) is 3.39. The molecule has 8 nitrogen and oxygen atoms in total. The average molecular weight is 498 g/mol. The van der Waals surface area contributed by atoms with E-state index in [4.69, 9.17) is 19.7 Å². The van der Waals surface area contributed by atoms with Gasteiger partial charge >= 0.3 is 0 Å². The number of benzene rings is 2. The van der Waals surface area contributed by atoms with Gasteiger partial charge in [-0.15, -0.1) is 0 Å². The molecule has 0 atom stereocenters. The largest absolute Gasteiger partial charge is 0.378 e. The van der Waals surface area contributed by atoms with Gasteiger partial charge in [0.1, 0.15) is 0 Å². The van der Waals surface area contributed by atoms with Gasteiger partial charge in [0.2, 0.25) is 0 Å². The summed E-state index contributed by atoms with van der Waals surface area (Å²) < 4.78 is 7.78. The summed E-state index contributed by atoms with van der Waals surface area (Å²) in [7, 11) is 4.10. The Hall–Kier alpha value is -3.65. The maximum Gasteiger partial charge on any atom is 0.166 e. The molecule has 0 unspecified atom stereocenters. The Kier molecular flexibility index (Phi) is 6.66. The normalized spacial score (nSPS) is 16.8. The number of morpholine rings is 1. The van der Waals surface area contributed by atoms with E-state index in [0.29, 0.717) is 11.9 Å². The molecule has 37 heavy (non-hydrogen) atoms. The molecule has 4 aromatic rings. The number of aromatic nitrogens is 4. The lowest BCUT2D eigenvalue weighted by molar-refractivity contribution is 0.122. The van der Waals surface area contributed by atoms with E-state index in [1.165, 1.54) is 37.8 Å². The Morgan fingerprint density at radius 3 is 2.32 bits per heavy atom. The number of rotatable bonds is 6. The lowest BCUT2D eigenvalue weighted by atomic mass is 9.95. The van der Waals surface area contributed by atoms with Crippen molar-refractivity contribution in [2.75, 3.05) is 55.5 Å². The van der Waals surface area contributed by atoms with Crippen LogP contribution >= 0.6 is 0 Å². The van der Waals surface area contributed by atoms with Gasteiger partial charge in [0, 0.05) is 55.9 Å². The number of ether oxygens (including phenoxy) is 1. The molecule has 2 aromatic heterocycles. The van der Waals surface area contributed by atoms with Gasteiger partial charge in [-0.3, -0.25) is 0 Å². The first-order chi connectivity index (χ1) is 18.2. The fourth-order valence-corrected chi connectivity index (χ4v) is 5.38. The van der Waals surface area contributed by atoms with Crippen molar-refractivity contribution in [1.29, 1.82) is 0 Å². The molecule has 1 N–H and O–H groups in total. The third kappa shape index (κ3) is 4.98. The van der Waals surface area contributed by atoms with Crippen LogP contribution in [0.3, 0.4) is 0 Å². The van der Waals surface area contributed by atoms with Crippen LogP contribution in [0.25, 0.3) is 22.6 Å². The third-order valence-corrected chi connectivity index (χ3v) is 7.54. The molecule has 2 aromatic carbocycles. The van der Waals surface area contributed by atoms with Gasteiger partial charge in [0.15, 0.2) is 22.8 Å². The molecule has 1 saturated carbocycles. The van der Waals surface area contributed by atoms with Gasteiger partial charge in [0.25, 0.3) is 0 Å². The Morgan fingerprint density at radius 2 is 1.62 bits per heavy atom. The molecule has 0 radical (unpaired) electrons. The van der Waals surface area contributed by atoms with Crippen LogP contribution in [0.4, 0.5) is 22.9 Å². The lowest BCUT2D eigenvalue weighted by Crippen LogP contribution is -2.36. The van der Waals surface area contributed by atoms with E-state index in [9.17, 15) is 0 Å². The van der Waals surface area contributed by atoms with Crippen molar-refractivity contribution in [2.45, 2.75) is 38.1 Å². The summed E-state index contributed by atoms with van der Waals surface area (Å²) in [5, 5.41) is 3.55. The highest BCUT2D eigenvalue weighted by atomic mass is 16.5. The maximum absolute atomic E-state index is 5.50. The second-order valence-electron chi connectivity index (χ2n) is 10.2. The molecular formula is C29H35N7O. The van der Waals surface area contributed by atoms with Crippen molar-refractivity contribution in [3.63, 3.8) is 0 Å². The van der Waals surface area contributed by atoms with Crippen LogP contribution in [0.5, 0.6) is 0 Å². The van der Waals surface area contributed by atoms with E-state index in [1.54, 1.807) is 0 Å². The van der Waals surface area contributed by atoms with E-state index in [-0.39, 0.29) is 0 Å². The van der Waals surface area contributed by atoms with Crippen molar-refractivity contribution >= 4 is 34.0 Å². The van der Waals surface area contributed by atoms with Gasteiger partial charge < -0.3 is 24.4 Å². The van der Waals surface area contributed by atoms with Crippen LogP contribution in [-0.2, 0) is 4.74 Å². The number of imidazole rings is 1. The number of fused-ring (bicyclic) bond motifs is 1. The van der Waals surface area contributed by atoms with Crippen LogP contribution in [0, 0.1) is 0 Å². The van der Waals surface area contributed by atoms with Gasteiger partial charge in [-0.05, 0) is 61.4 Å². The summed E-state index contributed by atoms with van der Waals surface area (Å²) in [4.78, 5) is 19.3. The highest BCUT2D eigenvalue weighted by molar-refractivity contribution is 5.87. The Morgan fingerprint density at radius 1 is 0.892 bits per heavy atom. The van der Waals surface area contributed by atoms with Gasteiger partial charge in [-0.2, -0.15) is 0 Å². The van der Waals surface area contributed by atoms with E-state index < -0.39 is 0 Å². The van der Waals surface area contributed by atoms with E-state index in [2.05, 4.69) is 68.2 Å². The van der Waals surface area contributed by atoms with E-state index >= 15 is 0 Å². The topological polar surface area (TPSA) is 71.3 Å². The fourth-order valence-electron chi connectivity index (χ4n) is 5.38. The zero-order chi connectivity index (χ0) is 25.2. The molecule has 1 saturated heterocycles. The van der Waals surface area contributed by atoms with Crippen molar-refractivity contribution in [1.82, 2.24) is 19.5 Å². The van der Waals surface area contributed by atoms with Crippen molar-refractivity contribution in [3.05, 3.63) is 54.9 Å². The Balaban J connectivity index is 1.36. The molecule has 0 spiro atoms. The van der Waals surface area contributed by atoms with Gasteiger partial charge in [0.05, 0.1) is 19.5 Å². The highest BCUT2D eigenvalue weighted by Crippen LogP contribution is 2.34. The predicted octanol–water partition coefficient (Wildman–Crippen LogP) is 5.64. The molecule has 1 aliphatic heterocycles. The number of nitrogens with one attached hydrogen (secondary N) is 1. The molecule has 2 aliphatic rings. The second kappa shape index (κ2) is 10.4. The standard InChI is InChI=1S/C29H35N7O/c1-34(2)23-12-8-21(9-13-23)27-32-28(26-29(33-27)36(20-30-26)25-6-4-3-5-7-25)31-22-10-14-24(15-11-22)35-16-18-37-19-17-35/h8-15,20,25H,3-7,16-19H2,1-2H3,(H,31,32,33). The third-order valence-electron chi connectivity index (χ3n) is 7.54. The first-order valence-corrected chi connectivity index (χ1v) is 13.4. The summed E-state index contributed by atoms with van der Waals surface area (Å²) >= 11 is 0. The summed E-state index contributed by atoms with van der Waals surface area (Å²) in [5.41, 5.74) is 6.06. The number of nitrogens with zero attached hydrogens (tertiary/aromatic N) is 6. The zero-order valence-corrected chi connectivity index (χ0v) is 21.7. The molecular weight excluding hydrogens is 462 g/mol. The van der Waals surface area contributed by atoms with Crippen LogP contribution in [0.15, 0.2) is 54.9 Å². The van der Waals surface area contributed by atoms with Crippen molar-refractivity contribution in [2.24, 2.45) is 0 Å². The van der Waals surface area contributed by atoms with Crippen molar-refractivity contribution in [3.8, 4) is 11.4 Å². The first kappa shape index (κ1) is 23.7. The molecule has 2 fully saturated rings. The molecule has 8 heteroatoms. The zero-order valence-electron chi connectivity index (χ0n) is 21.7.